The molecule has 1 aromatic heterocycles. The highest BCUT2D eigenvalue weighted by molar-refractivity contribution is 5.92. The van der Waals surface area contributed by atoms with Gasteiger partial charge < -0.3 is 15.1 Å². The Bertz CT molecular complexity index is 390. The van der Waals surface area contributed by atoms with Crippen LogP contribution in [-0.2, 0) is 0 Å². The number of likely N-dealkylation sites (tertiary alicyclic amines) is 1. The van der Waals surface area contributed by atoms with E-state index < -0.39 is 0 Å². The first-order valence-electron chi connectivity index (χ1n) is 6.18. The van der Waals surface area contributed by atoms with Crippen LogP contribution < -0.4 is 5.73 Å². The third-order valence-electron chi connectivity index (χ3n) is 3.63. The zero-order valence-electron chi connectivity index (χ0n) is 10.5. The summed E-state index contributed by atoms with van der Waals surface area (Å²) >= 11 is 0. The zero-order valence-corrected chi connectivity index (χ0v) is 10.5. The van der Waals surface area contributed by atoms with Gasteiger partial charge in [-0.3, -0.25) is 4.79 Å². The standard InChI is InChI=1S/C13H20N2O2/c1-9-5-8-17-12(9)13(16)15-6-3-11(4-7-15)10(2)14/h5,8,10-11H,3-4,6-7,14H2,1-2H3. The van der Waals surface area contributed by atoms with Gasteiger partial charge in [-0.25, -0.2) is 0 Å². The summed E-state index contributed by atoms with van der Waals surface area (Å²) in [5.41, 5.74) is 6.79. The minimum atomic E-state index is 0.00984. The summed E-state index contributed by atoms with van der Waals surface area (Å²) in [5.74, 6) is 1.02. The first-order valence-corrected chi connectivity index (χ1v) is 6.18. The van der Waals surface area contributed by atoms with Crippen molar-refractivity contribution in [1.29, 1.82) is 0 Å². The van der Waals surface area contributed by atoms with E-state index in [0.29, 0.717) is 11.7 Å². The lowest BCUT2D eigenvalue weighted by Gasteiger charge is -2.33. The number of nitrogens with zero attached hydrogens (tertiary/aromatic N) is 1. The normalized spacial score (nSPS) is 19.4. The van der Waals surface area contributed by atoms with Crippen LogP contribution in [0.1, 0.15) is 35.9 Å². The quantitative estimate of drug-likeness (QED) is 0.851. The van der Waals surface area contributed by atoms with Gasteiger partial charge in [-0.1, -0.05) is 0 Å². The molecule has 1 amide bonds. The number of hydrogen-bond donors (Lipinski definition) is 1. The van der Waals surface area contributed by atoms with Crippen LogP contribution in [0.4, 0.5) is 0 Å². The second-order valence-corrected chi connectivity index (χ2v) is 4.92. The molecule has 1 aliphatic heterocycles. The van der Waals surface area contributed by atoms with Gasteiger partial charge >= 0.3 is 0 Å². The maximum absolute atomic E-state index is 12.2. The van der Waals surface area contributed by atoms with E-state index in [4.69, 9.17) is 10.2 Å². The average molecular weight is 236 g/mol. The first-order chi connectivity index (χ1) is 8.09. The second-order valence-electron chi connectivity index (χ2n) is 4.92. The monoisotopic (exact) mass is 236 g/mol. The molecule has 1 atom stereocenters. The molecule has 17 heavy (non-hydrogen) atoms. The molecule has 0 spiro atoms. The van der Waals surface area contributed by atoms with Crippen LogP contribution in [0.3, 0.4) is 0 Å². The molecule has 1 aliphatic rings. The molecule has 1 fully saturated rings. The largest absolute Gasteiger partial charge is 0.459 e. The molecule has 4 nitrogen and oxygen atoms in total. The summed E-state index contributed by atoms with van der Waals surface area (Å²) in [4.78, 5) is 14.0. The SMILES string of the molecule is Cc1ccoc1C(=O)N1CCC(C(C)N)CC1. The summed E-state index contributed by atoms with van der Waals surface area (Å²) in [6.07, 6.45) is 3.55. The molecule has 0 bridgehead atoms. The number of amides is 1. The molecule has 1 unspecified atom stereocenters. The molecule has 2 rings (SSSR count). The van der Waals surface area contributed by atoms with E-state index >= 15 is 0 Å². The van der Waals surface area contributed by atoms with Crippen molar-refractivity contribution >= 4 is 5.91 Å². The van der Waals surface area contributed by atoms with Crippen LogP contribution in [0.2, 0.25) is 0 Å². The summed E-state index contributed by atoms with van der Waals surface area (Å²) in [5, 5.41) is 0. The van der Waals surface area contributed by atoms with E-state index in [1.807, 2.05) is 24.8 Å². The fourth-order valence-electron chi connectivity index (χ4n) is 2.36. The number of nitrogens with two attached hydrogens (primary N) is 1. The number of hydrogen-bond acceptors (Lipinski definition) is 3. The second kappa shape index (κ2) is 4.92. The minimum absolute atomic E-state index is 0.00984. The smallest absolute Gasteiger partial charge is 0.289 e. The van der Waals surface area contributed by atoms with Crippen molar-refractivity contribution in [3.63, 3.8) is 0 Å². The predicted molar refractivity (Wildman–Crippen MR) is 65.7 cm³/mol. The Morgan fingerprint density at radius 2 is 2.18 bits per heavy atom. The highest BCUT2D eigenvalue weighted by Crippen LogP contribution is 2.22. The third-order valence-corrected chi connectivity index (χ3v) is 3.63. The van der Waals surface area contributed by atoms with Crippen molar-refractivity contribution in [2.24, 2.45) is 11.7 Å². The average Bonchev–Trinajstić information content (AvgIpc) is 2.74. The Labute approximate surface area is 102 Å². The molecule has 1 saturated heterocycles. The van der Waals surface area contributed by atoms with Crippen molar-refractivity contribution in [1.82, 2.24) is 4.90 Å². The summed E-state index contributed by atoms with van der Waals surface area (Å²) in [6.45, 7) is 5.50. The van der Waals surface area contributed by atoms with E-state index in [1.54, 1.807) is 6.26 Å². The molecule has 0 aromatic carbocycles. The molecule has 0 radical (unpaired) electrons. The lowest BCUT2D eigenvalue weighted by Crippen LogP contribution is -2.42. The number of piperidine rings is 1. The summed E-state index contributed by atoms with van der Waals surface area (Å²) in [6, 6.07) is 2.04. The third kappa shape index (κ3) is 2.52. The molecule has 2 N–H and O–H groups in total. The fourth-order valence-corrected chi connectivity index (χ4v) is 2.36. The van der Waals surface area contributed by atoms with Gasteiger partial charge in [0.05, 0.1) is 6.26 Å². The molecular formula is C13H20N2O2. The number of carbonyl (C=O) groups excluding carboxylic acids is 1. The van der Waals surface area contributed by atoms with Gasteiger partial charge in [0.15, 0.2) is 5.76 Å². The topological polar surface area (TPSA) is 59.5 Å². The lowest BCUT2D eigenvalue weighted by atomic mass is 9.91. The number of aryl methyl sites for hydroxylation is 1. The summed E-state index contributed by atoms with van der Waals surface area (Å²) < 4.78 is 5.24. The highest BCUT2D eigenvalue weighted by Gasteiger charge is 2.27. The van der Waals surface area contributed by atoms with E-state index in [0.717, 1.165) is 31.5 Å². The Hall–Kier alpha value is -1.29. The van der Waals surface area contributed by atoms with Crippen LogP contribution in [0, 0.1) is 12.8 Å². The van der Waals surface area contributed by atoms with Gasteiger partial charge in [0.25, 0.3) is 5.91 Å². The highest BCUT2D eigenvalue weighted by atomic mass is 16.3. The van der Waals surface area contributed by atoms with E-state index in [2.05, 4.69) is 0 Å². The van der Waals surface area contributed by atoms with Gasteiger partial charge in [-0.05, 0) is 38.7 Å². The van der Waals surface area contributed by atoms with Crippen molar-refractivity contribution in [2.75, 3.05) is 13.1 Å². The van der Waals surface area contributed by atoms with Gasteiger partial charge in [0.2, 0.25) is 0 Å². The van der Waals surface area contributed by atoms with Crippen LogP contribution >= 0.6 is 0 Å². The molecule has 2 heterocycles. The first kappa shape index (κ1) is 12.2. The molecule has 4 heteroatoms. The maximum atomic E-state index is 12.2. The molecule has 94 valence electrons. The number of carbonyl (C=O) groups is 1. The Kier molecular flexibility index (Phi) is 3.52. The van der Waals surface area contributed by atoms with Gasteiger partial charge in [0, 0.05) is 24.7 Å². The Morgan fingerprint density at radius 3 is 2.65 bits per heavy atom. The molecule has 0 aliphatic carbocycles. The van der Waals surface area contributed by atoms with Crippen molar-refractivity contribution in [3.05, 3.63) is 23.7 Å². The number of rotatable bonds is 2. The van der Waals surface area contributed by atoms with Gasteiger partial charge in [-0.15, -0.1) is 0 Å². The maximum Gasteiger partial charge on any atom is 0.289 e. The van der Waals surface area contributed by atoms with Gasteiger partial charge in [0.1, 0.15) is 0 Å². The Balaban J connectivity index is 1.98. The number of furan rings is 1. The van der Waals surface area contributed by atoms with Crippen LogP contribution in [-0.4, -0.2) is 29.9 Å². The van der Waals surface area contributed by atoms with Crippen LogP contribution in [0.5, 0.6) is 0 Å². The predicted octanol–water partition coefficient (Wildman–Crippen LogP) is 1.79. The fraction of sp³-hybridized carbons (Fsp3) is 0.615. The minimum Gasteiger partial charge on any atom is -0.459 e. The molecule has 1 aromatic rings. The van der Waals surface area contributed by atoms with E-state index in [9.17, 15) is 4.79 Å². The lowest BCUT2D eigenvalue weighted by molar-refractivity contribution is 0.0648. The van der Waals surface area contributed by atoms with E-state index in [1.165, 1.54) is 0 Å². The van der Waals surface area contributed by atoms with Crippen LogP contribution in [0.15, 0.2) is 16.7 Å². The van der Waals surface area contributed by atoms with E-state index in [-0.39, 0.29) is 11.9 Å². The van der Waals surface area contributed by atoms with Crippen molar-refractivity contribution in [3.8, 4) is 0 Å². The molecule has 0 saturated carbocycles. The van der Waals surface area contributed by atoms with Crippen molar-refractivity contribution in [2.45, 2.75) is 32.7 Å². The molecular weight excluding hydrogens is 216 g/mol. The Morgan fingerprint density at radius 1 is 1.53 bits per heavy atom. The van der Waals surface area contributed by atoms with Crippen LogP contribution in [0.25, 0.3) is 0 Å². The zero-order chi connectivity index (χ0) is 12.4. The van der Waals surface area contributed by atoms with Gasteiger partial charge in [-0.2, -0.15) is 0 Å². The summed E-state index contributed by atoms with van der Waals surface area (Å²) in [7, 11) is 0. The van der Waals surface area contributed by atoms with Crippen molar-refractivity contribution < 1.29 is 9.21 Å².